The van der Waals surface area contributed by atoms with Crippen molar-refractivity contribution in [1.82, 2.24) is 14.9 Å². The summed E-state index contributed by atoms with van der Waals surface area (Å²) in [6.07, 6.45) is 7.30. The Balaban J connectivity index is 1.58. The van der Waals surface area contributed by atoms with E-state index in [0.717, 1.165) is 54.3 Å². The van der Waals surface area contributed by atoms with Crippen molar-refractivity contribution >= 4 is 28.7 Å². The third-order valence-electron chi connectivity index (χ3n) is 4.24. The number of likely N-dealkylation sites (tertiary alicyclic amines) is 1. The van der Waals surface area contributed by atoms with E-state index in [2.05, 4.69) is 22.2 Å². The molecule has 1 unspecified atom stereocenters. The van der Waals surface area contributed by atoms with Gasteiger partial charge in [-0.2, -0.15) is 0 Å². The van der Waals surface area contributed by atoms with Crippen molar-refractivity contribution in [1.29, 1.82) is 0 Å². The Kier molecular flexibility index (Phi) is 5.30. The highest BCUT2D eigenvalue weighted by Crippen LogP contribution is 2.20. The summed E-state index contributed by atoms with van der Waals surface area (Å²) in [6.45, 7) is 3.62. The van der Waals surface area contributed by atoms with Crippen LogP contribution in [0.25, 0.3) is 0 Å². The summed E-state index contributed by atoms with van der Waals surface area (Å²) in [5.41, 5.74) is 6.59. The summed E-state index contributed by atoms with van der Waals surface area (Å²) in [7, 11) is 0. The highest BCUT2D eigenvalue weighted by atomic mass is 32.1. The maximum absolute atomic E-state index is 12.6. The molecule has 128 valence electrons. The summed E-state index contributed by atoms with van der Waals surface area (Å²) in [5.74, 6) is 0.635. The van der Waals surface area contributed by atoms with E-state index in [4.69, 9.17) is 5.73 Å². The normalized spacial score (nSPS) is 18.2. The fraction of sp³-hybridized carbons (Fsp3) is 0.471. The van der Waals surface area contributed by atoms with Crippen LogP contribution in [0.15, 0.2) is 24.5 Å². The predicted molar refractivity (Wildman–Crippen MR) is 97.3 cm³/mol. The van der Waals surface area contributed by atoms with Crippen molar-refractivity contribution in [3.63, 3.8) is 0 Å². The molecule has 2 aromatic heterocycles. The molecule has 24 heavy (non-hydrogen) atoms. The first-order valence-corrected chi connectivity index (χ1v) is 9.19. The molecule has 0 aromatic carbocycles. The van der Waals surface area contributed by atoms with Gasteiger partial charge in [-0.1, -0.05) is 6.92 Å². The molecule has 3 rings (SSSR count). The third kappa shape index (κ3) is 4.03. The van der Waals surface area contributed by atoms with Gasteiger partial charge in [-0.15, -0.1) is 11.3 Å². The molecular weight excluding hydrogens is 322 g/mol. The number of nitrogens with two attached hydrogens (primary N) is 1. The van der Waals surface area contributed by atoms with Gasteiger partial charge in [0.1, 0.15) is 10.7 Å². The number of anilines is 2. The van der Waals surface area contributed by atoms with E-state index in [9.17, 15) is 4.79 Å². The molecule has 1 aliphatic heterocycles. The maximum atomic E-state index is 12.6. The second-order valence-corrected chi connectivity index (χ2v) is 7.12. The molecule has 1 amide bonds. The molecule has 0 spiro atoms. The first kappa shape index (κ1) is 16.7. The standard InChI is InChI=1S/C17H23N5OS/c1-2-16-20-11-14(24-16)17(23)22-8-3-4-12(7-9-22)21-13-5-6-15(18)19-10-13/h5-6,10-12,21H,2-4,7-9H2,1H3,(H2,18,19). The minimum atomic E-state index is 0.113. The lowest BCUT2D eigenvalue weighted by Crippen LogP contribution is -2.32. The van der Waals surface area contributed by atoms with Gasteiger partial charge in [-0.25, -0.2) is 9.97 Å². The lowest BCUT2D eigenvalue weighted by molar-refractivity contribution is 0.0766. The van der Waals surface area contributed by atoms with E-state index in [1.807, 2.05) is 11.0 Å². The number of hydrogen-bond acceptors (Lipinski definition) is 6. The highest BCUT2D eigenvalue weighted by molar-refractivity contribution is 7.13. The van der Waals surface area contributed by atoms with Gasteiger partial charge < -0.3 is 16.0 Å². The topological polar surface area (TPSA) is 84.1 Å². The van der Waals surface area contributed by atoms with E-state index >= 15 is 0 Å². The van der Waals surface area contributed by atoms with Crippen LogP contribution in [0.2, 0.25) is 0 Å². The molecule has 6 nitrogen and oxygen atoms in total. The van der Waals surface area contributed by atoms with Gasteiger partial charge >= 0.3 is 0 Å². The average Bonchev–Trinajstić information content (AvgIpc) is 2.96. The van der Waals surface area contributed by atoms with E-state index in [1.165, 1.54) is 11.3 Å². The summed E-state index contributed by atoms with van der Waals surface area (Å²) >= 11 is 1.51. The zero-order chi connectivity index (χ0) is 16.9. The summed E-state index contributed by atoms with van der Waals surface area (Å²) in [4.78, 5) is 23.7. The van der Waals surface area contributed by atoms with Gasteiger partial charge in [0.25, 0.3) is 5.91 Å². The first-order chi connectivity index (χ1) is 11.7. The molecule has 1 fully saturated rings. The van der Waals surface area contributed by atoms with Crippen molar-refractivity contribution in [3.8, 4) is 0 Å². The molecule has 0 saturated carbocycles. The van der Waals surface area contributed by atoms with Gasteiger partial charge in [0.15, 0.2) is 0 Å². The predicted octanol–water partition coefficient (Wildman–Crippen LogP) is 2.79. The number of amides is 1. The van der Waals surface area contributed by atoms with Gasteiger partial charge in [-0.3, -0.25) is 4.79 Å². The molecule has 0 bridgehead atoms. The van der Waals surface area contributed by atoms with E-state index in [0.29, 0.717) is 11.9 Å². The number of nitrogens with one attached hydrogen (secondary N) is 1. The number of thiazole rings is 1. The van der Waals surface area contributed by atoms with Crippen LogP contribution in [-0.4, -0.2) is 39.9 Å². The molecule has 7 heteroatoms. The highest BCUT2D eigenvalue weighted by Gasteiger charge is 2.23. The molecule has 2 aromatic rings. The fourth-order valence-electron chi connectivity index (χ4n) is 2.90. The number of nitrogen functional groups attached to an aromatic ring is 1. The van der Waals surface area contributed by atoms with Gasteiger partial charge in [0, 0.05) is 19.1 Å². The number of carbonyl (C=O) groups excluding carboxylic acids is 1. The minimum absolute atomic E-state index is 0.113. The summed E-state index contributed by atoms with van der Waals surface area (Å²) in [5, 5.41) is 4.51. The van der Waals surface area contributed by atoms with Crippen molar-refractivity contribution in [2.75, 3.05) is 24.1 Å². The van der Waals surface area contributed by atoms with Crippen LogP contribution in [0.3, 0.4) is 0 Å². The third-order valence-corrected chi connectivity index (χ3v) is 5.37. The van der Waals surface area contributed by atoms with Crippen molar-refractivity contribution < 1.29 is 4.79 Å². The average molecular weight is 345 g/mol. The number of carbonyl (C=O) groups is 1. The van der Waals surface area contributed by atoms with Crippen LogP contribution in [-0.2, 0) is 6.42 Å². The first-order valence-electron chi connectivity index (χ1n) is 8.37. The lowest BCUT2D eigenvalue weighted by atomic mass is 10.1. The lowest BCUT2D eigenvalue weighted by Gasteiger charge is -2.20. The number of pyridine rings is 1. The van der Waals surface area contributed by atoms with Crippen LogP contribution < -0.4 is 11.1 Å². The molecule has 3 heterocycles. The Labute approximate surface area is 146 Å². The van der Waals surface area contributed by atoms with E-state index in [-0.39, 0.29) is 5.91 Å². The SMILES string of the molecule is CCc1ncc(C(=O)N2CCCC(Nc3ccc(N)nc3)CC2)s1. The Morgan fingerprint density at radius 3 is 2.92 bits per heavy atom. The van der Waals surface area contributed by atoms with Gasteiger partial charge in [-0.05, 0) is 37.8 Å². The fourth-order valence-corrected chi connectivity index (χ4v) is 3.72. The molecule has 1 atom stereocenters. The van der Waals surface area contributed by atoms with Crippen LogP contribution in [0.4, 0.5) is 11.5 Å². The van der Waals surface area contributed by atoms with Crippen molar-refractivity contribution in [3.05, 3.63) is 34.4 Å². The smallest absolute Gasteiger partial charge is 0.265 e. The Morgan fingerprint density at radius 1 is 1.33 bits per heavy atom. The monoisotopic (exact) mass is 345 g/mol. The van der Waals surface area contributed by atoms with Gasteiger partial charge in [0.05, 0.1) is 23.1 Å². The van der Waals surface area contributed by atoms with Crippen molar-refractivity contribution in [2.24, 2.45) is 0 Å². The van der Waals surface area contributed by atoms with Crippen LogP contribution in [0, 0.1) is 0 Å². The van der Waals surface area contributed by atoms with Crippen LogP contribution >= 0.6 is 11.3 Å². The number of aromatic nitrogens is 2. The Hall–Kier alpha value is -2.15. The number of hydrogen-bond donors (Lipinski definition) is 2. The molecule has 1 saturated heterocycles. The second kappa shape index (κ2) is 7.61. The van der Waals surface area contributed by atoms with E-state index < -0.39 is 0 Å². The zero-order valence-corrected chi connectivity index (χ0v) is 14.7. The quantitative estimate of drug-likeness (QED) is 0.890. The Bertz CT molecular complexity index is 685. The molecule has 3 N–H and O–H groups in total. The van der Waals surface area contributed by atoms with Crippen LogP contribution in [0.1, 0.15) is 40.9 Å². The number of aryl methyl sites for hydroxylation is 1. The molecule has 0 radical (unpaired) electrons. The molecule has 0 aliphatic carbocycles. The number of nitrogens with zero attached hydrogens (tertiary/aromatic N) is 3. The number of rotatable bonds is 4. The largest absolute Gasteiger partial charge is 0.384 e. The molecular formula is C17H23N5OS. The summed E-state index contributed by atoms with van der Waals surface area (Å²) in [6, 6.07) is 4.09. The molecule has 1 aliphatic rings. The second-order valence-electron chi connectivity index (χ2n) is 6.01. The zero-order valence-electron chi connectivity index (χ0n) is 13.9. The van der Waals surface area contributed by atoms with Crippen LogP contribution in [0.5, 0.6) is 0 Å². The Morgan fingerprint density at radius 2 is 2.21 bits per heavy atom. The summed E-state index contributed by atoms with van der Waals surface area (Å²) < 4.78 is 0. The van der Waals surface area contributed by atoms with E-state index in [1.54, 1.807) is 18.5 Å². The minimum Gasteiger partial charge on any atom is -0.384 e. The van der Waals surface area contributed by atoms with Gasteiger partial charge in [0.2, 0.25) is 0 Å². The maximum Gasteiger partial charge on any atom is 0.265 e. The van der Waals surface area contributed by atoms with Crippen molar-refractivity contribution in [2.45, 2.75) is 38.6 Å².